The molecular formula is C22H20N4O3S2. The SMILES string of the molecule is CC(C)NS(=O)(=O)c1cccc(C(=O)Nc2ccc(-c3nc4ccccc4s3)cn2)c1. The van der Waals surface area contributed by atoms with E-state index < -0.39 is 15.9 Å². The van der Waals surface area contributed by atoms with E-state index in [1.807, 2.05) is 30.3 Å². The smallest absolute Gasteiger partial charge is 0.256 e. The Labute approximate surface area is 184 Å². The van der Waals surface area contributed by atoms with Crippen LogP contribution in [0.25, 0.3) is 20.8 Å². The van der Waals surface area contributed by atoms with Crippen molar-refractivity contribution in [3.63, 3.8) is 0 Å². The zero-order valence-corrected chi connectivity index (χ0v) is 18.5. The molecule has 0 saturated heterocycles. The topological polar surface area (TPSA) is 101 Å². The van der Waals surface area contributed by atoms with E-state index in [4.69, 9.17) is 0 Å². The molecule has 7 nitrogen and oxygen atoms in total. The number of thiazole rings is 1. The van der Waals surface area contributed by atoms with Crippen molar-refractivity contribution in [2.45, 2.75) is 24.8 Å². The number of hydrogen-bond donors (Lipinski definition) is 2. The van der Waals surface area contributed by atoms with Gasteiger partial charge in [0.25, 0.3) is 5.91 Å². The Morgan fingerprint density at radius 3 is 2.55 bits per heavy atom. The van der Waals surface area contributed by atoms with E-state index in [0.29, 0.717) is 5.82 Å². The zero-order chi connectivity index (χ0) is 22.0. The molecule has 2 aromatic carbocycles. The summed E-state index contributed by atoms with van der Waals surface area (Å²) in [7, 11) is -3.69. The third-order valence-electron chi connectivity index (χ3n) is 4.34. The Kier molecular flexibility index (Phi) is 5.81. The van der Waals surface area contributed by atoms with E-state index in [1.54, 1.807) is 43.5 Å². The molecule has 9 heteroatoms. The molecule has 0 bridgehead atoms. The second-order valence-electron chi connectivity index (χ2n) is 7.18. The largest absolute Gasteiger partial charge is 0.307 e. The van der Waals surface area contributed by atoms with Gasteiger partial charge in [-0.15, -0.1) is 11.3 Å². The van der Waals surface area contributed by atoms with Gasteiger partial charge in [-0.3, -0.25) is 4.79 Å². The highest BCUT2D eigenvalue weighted by atomic mass is 32.2. The molecule has 0 saturated carbocycles. The predicted octanol–water partition coefficient (Wildman–Crippen LogP) is 4.30. The van der Waals surface area contributed by atoms with Gasteiger partial charge in [0.1, 0.15) is 10.8 Å². The van der Waals surface area contributed by atoms with Crippen molar-refractivity contribution in [2.24, 2.45) is 0 Å². The Balaban J connectivity index is 1.51. The zero-order valence-electron chi connectivity index (χ0n) is 16.9. The summed E-state index contributed by atoms with van der Waals surface area (Å²) >= 11 is 1.57. The lowest BCUT2D eigenvalue weighted by Crippen LogP contribution is -2.30. The van der Waals surface area contributed by atoms with E-state index in [9.17, 15) is 13.2 Å². The fourth-order valence-corrected chi connectivity index (χ4v) is 5.21. The van der Waals surface area contributed by atoms with Crippen molar-refractivity contribution in [2.75, 3.05) is 5.32 Å². The summed E-state index contributed by atoms with van der Waals surface area (Å²) in [5.74, 6) is -0.0785. The fourth-order valence-electron chi connectivity index (χ4n) is 2.96. The maximum atomic E-state index is 12.6. The van der Waals surface area contributed by atoms with Crippen LogP contribution in [-0.2, 0) is 10.0 Å². The van der Waals surface area contributed by atoms with Gasteiger partial charge in [-0.05, 0) is 56.3 Å². The molecule has 0 unspecified atom stereocenters. The molecule has 31 heavy (non-hydrogen) atoms. The van der Waals surface area contributed by atoms with Crippen molar-refractivity contribution in [3.05, 3.63) is 72.4 Å². The number of aromatic nitrogens is 2. The van der Waals surface area contributed by atoms with Crippen LogP contribution in [0.4, 0.5) is 5.82 Å². The number of nitrogens with one attached hydrogen (secondary N) is 2. The number of hydrogen-bond acceptors (Lipinski definition) is 6. The third kappa shape index (κ3) is 4.79. The first-order valence-electron chi connectivity index (χ1n) is 9.57. The van der Waals surface area contributed by atoms with Crippen LogP contribution in [0, 0.1) is 0 Å². The van der Waals surface area contributed by atoms with E-state index in [-0.39, 0.29) is 16.5 Å². The van der Waals surface area contributed by atoms with Crippen LogP contribution in [0.3, 0.4) is 0 Å². The summed E-state index contributed by atoms with van der Waals surface area (Å²) in [5, 5.41) is 3.55. The minimum atomic E-state index is -3.69. The lowest BCUT2D eigenvalue weighted by Gasteiger charge is -2.11. The Bertz CT molecular complexity index is 1310. The molecule has 0 aliphatic heterocycles. The standard InChI is InChI=1S/C22H20N4O3S2/c1-14(2)26-31(28,29)17-7-5-6-15(12-17)21(27)25-20-11-10-16(13-23-20)22-24-18-8-3-4-9-19(18)30-22/h3-14,26H,1-2H3,(H,23,25,27). The van der Waals surface area contributed by atoms with E-state index in [0.717, 1.165) is 20.8 Å². The highest BCUT2D eigenvalue weighted by Crippen LogP contribution is 2.29. The molecule has 1 amide bonds. The molecule has 0 spiro atoms. The highest BCUT2D eigenvalue weighted by molar-refractivity contribution is 7.89. The molecule has 2 aromatic heterocycles. The number of rotatable bonds is 6. The van der Waals surface area contributed by atoms with Crippen molar-refractivity contribution >= 4 is 43.3 Å². The number of carbonyl (C=O) groups is 1. The molecule has 2 N–H and O–H groups in total. The molecule has 0 radical (unpaired) electrons. The number of pyridine rings is 1. The quantitative estimate of drug-likeness (QED) is 0.454. The molecular weight excluding hydrogens is 432 g/mol. The summed E-state index contributed by atoms with van der Waals surface area (Å²) in [4.78, 5) is 21.6. The number of carbonyl (C=O) groups excluding carboxylic acids is 1. The van der Waals surface area contributed by atoms with Crippen LogP contribution >= 0.6 is 11.3 Å². The minimum Gasteiger partial charge on any atom is -0.307 e. The molecule has 0 aliphatic rings. The fraction of sp³-hybridized carbons (Fsp3) is 0.136. The van der Waals surface area contributed by atoms with E-state index in [2.05, 4.69) is 20.0 Å². The van der Waals surface area contributed by atoms with Gasteiger partial charge in [0, 0.05) is 23.4 Å². The summed E-state index contributed by atoms with van der Waals surface area (Å²) in [5.41, 5.74) is 2.01. The monoisotopic (exact) mass is 452 g/mol. The van der Waals surface area contributed by atoms with Crippen LogP contribution < -0.4 is 10.0 Å². The average molecular weight is 453 g/mol. The molecule has 0 fully saturated rings. The Morgan fingerprint density at radius 1 is 1.03 bits per heavy atom. The van der Waals surface area contributed by atoms with Crippen molar-refractivity contribution in [1.82, 2.24) is 14.7 Å². The number of fused-ring (bicyclic) bond motifs is 1. The van der Waals surface area contributed by atoms with Crippen LogP contribution in [0.1, 0.15) is 24.2 Å². The molecule has 0 aliphatic carbocycles. The van der Waals surface area contributed by atoms with Gasteiger partial charge in [-0.1, -0.05) is 18.2 Å². The molecule has 4 aromatic rings. The van der Waals surface area contributed by atoms with Gasteiger partial charge < -0.3 is 5.32 Å². The van der Waals surface area contributed by atoms with Gasteiger partial charge in [-0.25, -0.2) is 23.1 Å². The summed E-state index contributed by atoms with van der Waals surface area (Å²) in [6, 6.07) is 17.1. The maximum Gasteiger partial charge on any atom is 0.256 e. The maximum absolute atomic E-state index is 12.6. The van der Waals surface area contributed by atoms with Crippen molar-refractivity contribution < 1.29 is 13.2 Å². The second kappa shape index (κ2) is 8.54. The lowest BCUT2D eigenvalue weighted by atomic mass is 10.2. The van der Waals surface area contributed by atoms with Crippen molar-refractivity contribution in [1.29, 1.82) is 0 Å². The van der Waals surface area contributed by atoms with Crippen LogP contribution in [0.2, 0.25) is 0 Å². The molecule has 4 rings (SSSR count). The number of nitrogens with zero attached hydrogens (tertiary/aromatic N) is 2. The second-order valence-corrected chi connectivity index (χ2v) is 9.92. The molecule has 158 valence electrons. The number of para-hydroxylation sites is 1. The van der Waals surface area contributed by atoms with Gasteiger partial charge in [0.05, 0.1) is 15.1 Å². The highest BCUT2D eigenvalue weighted by Gasteiger charge is 2.17. The first-order chi connectivity index (χ1) is 14.8. The Hall–Kier alpha value is -3.14. The average Bonchev–Trinajstić information content (AvgIpc) is 3.18. The summed E-state index contributed by atoms with van der Waals surface area (Å²) in [6.07, 6.45) is 1.65. The van der Waals surface area contributed by atoms with Gasteiger partial charge >= 0.3 is 0 Å². The normalized spacial score (nSPS) is 11.7. The first kappa shape index (κ1) is 21.1. The number of sulfonamides is 1. The third-order valence-corrected chi connectivity index (χ3v) is 7.09. The van der Waals surface area contributed by atoms with Gasteiger partial charge in [0.15, 0.2) is 0 Å². The minimum absolute atomic E-state index is 0.0352. The molecule has 0 atom stereocenters. The van der Waals surface area contributed by atoms with Crippen LogP contribution in [-0.4, -0.2) is 30.3 Å². The van der Waals surface area contributed by atoms with E-state index >= 15 is 0 Å². The summed E-state index contributed by atoms with van der Waals surface area (Å²) in [6.45, 7) is 3.47. The van der Waals surface area contributed by atoms with Gasteiger partial charge in [-0.2, -0.15) is 0 Å². The Morgan fingerprint density at radius 2 is 1.84 bits per heavy atom. The number of amides is 1. The number of benzene rings is 2. The lowest BCUT2D eigenvalue weighted by molar-refractivity contribution is 0.102. The van der Waals surface area contributed by atoms with Gasteiger partial charge in [0.2, 0.25) is 10.0 Å². The van der Waals surface area contributed by atoms with Crippen LogP contribution in [0.15, 0.2) is 71.8 Å². The first-order valence-corrected chi connectivity index (χ1v) is 11.9. The van der Waals surface area contributed by atoms with Crippen molar-refractivity contribution in [3.8, 4) is 10.6 Å². The van der Waals surface area contributed by atoms with Crippen LogP contribution in [0.5, 0.6) is 0 Å². The number of anilines is 1. The predicted molar refractivity (Wildman–Crippen MR) is 123 cm³/mol. The van der Waals surface area contributed by atoms with E-state index in [1.165, 1.54) is 18.2 Å². The summed E-state index contributed by atoms with van der Waals surface area (Å²) < 4.78 is 28.3. The molecule has 2 heterocycles.